The van der Waals surface area contributed by atoms with Gasteiger partial charge in [-0.25, -0.2) is 5.21 Å². The van der Waals surface area contributed by atoms with E-state index in [2.05, 4.69) is 5.48 Å². The standard InChI is InChI=1S/C6H16N2O2/c1-5(2,7-9)6(3,4)8-10/h7-10H,1-4H3/p+1. The number of hydroxylamine groups is 2. The molecule has 0 bridgehead atoms. The minimum Gasteiger partial charge on any atom is -0.316 e. The van der Waals surface area contributed by atoms with Crippen molar-refractivity contribution in [3.63, 3.8) is 0 Å². The molecule has 0 aromatic rings. The third kappa shape index (κ3) is 1.67. The van der Waals surface area contributed by atoms with E-state index in [4.69, 9.17) is 10.4 Å². The Morgan fingerprint density at radius 3 is 1.70 bits per heavy atom. The fourth-order valence-corrected chi connectivity index (χ4v) is 0.305. The van der Waals surface area contributed by atoms with Gasteiger partial charge in [-0.3, -0.25) is 0 Å². The third-order valence-corrected chi connectivity index (χ3v) is 2.21. The first kappa shape index (κ1) is 9.84. The lowest BCUT2D eigenvalue weighted by Crippen LogP contribution is -2.98. The van der Waals surface area contributed by atoms with Gasteiger partial charge in [0.15, 0.2) is 0 Å². The van der Waals surface area contributed by atoms with Gasteiger partial charge in [0.1, 0.15) is 5.54 Å². The van der Waals surface area contributed by atoms with E-state index in [9.17, 15) is 0 Å². The second-order valence-electron chi connectivity index (χ2n) is 3.59. The summed E-state index contributed by atoms with van der Waals surface area (Å²) in [5, 5.41) is 17.5. The van der Waals surface area contributed by atoms with Gasteiger partial charge in [-0.05, 0) is 27.7 Å². The highest BCUT2D eigenvalue weighted by atomic mass is 16.5. The van der Waals surface area contributed by atoms with Crippen LogP contribution in [0.1, 0.15) is 27.7 Å². The van der Waals surface area contributed by atoms with Gasteiger partial charge in [0.05, 0.1) is 5.54 Å². The fourth-order valence-electron chi connectivity index (χ4n) is 0.305. The van der Waals surface area contributed by atoms with Crippen molar-refractivity contribution in [2.45, 2.75) is 38.8 Å². The Morgan fingerprint density at radius 2 is 1.60 bits per heavy atom. The van der Waals surface area contributed by atoms with E-state index in [1.54, 1.807) is 13.8 Å². The molecule has 0 aliphatic heterocycles. The number of nitrogens with two attached hydrogens (primary N) is 1. The molecule has 62 valence electrons. The molecule has 0 aromatic heterocycles. The van der Waals surface area contributed by atoms with Crippen LogP contribution in [0.5, 0.6) is 0 Å². The van der Waals surface area contributed by atoms with Gasteiger partial charge in [0.2, 0.25) is 0 Å². The zero-order chi connectivity index (χ0) is 8.41. The van der Waals surface area contributed by atoms with Gasteiger partial charge in [0, 0.05) is 0 Å². The number of hydrogen-bond acceptors (Lipinski definition) is 3. The molecule has 10 heavy (non-hydrogen) atoms. The van der Waals surface area contributed by atoms with Crippen molar-refractivity contribution in [3.8, 4) is 0 Å². The average Bonchev–Trinajstić information content (AvgIpc) is 1.88. The summed E-state index contributed by atoms with van der Waals surface area (Å²) in [6.07, 6.45) is 0. The Labute approximate surface area is 61.2 Å². The highest BCUT2D eigenvalue weighted by Gasteiger charge is 2.40. The molecule has 0 heterocycles. The number of nitrogens with one attached hydrogen (secondary N) is 1. The van der Waals surface area contributed by atoms with Crippen molar-refractivity contribution < 1.29 is 15.9 Å². The van der Waals surface area contributed by atoms with Crippen molar-refractivity contribution >= 4 is 0 Å². The molecule has 0 rings (SSSR count). The molecule has 0 aliphatic rings. The molecule has 0 saturated heterocycles. The lowest BCUT2D eigenvalue weighted by molar-refractivity contribution is -0.936. The predicted octanol–water partition coefficient (Wildman–Crippen LogP) is -0.525. The van der Waals surface area contributed by atoms with E-state index in [0.29, 0.717) is 0 Å². The second kappa shape index (κ2) is 2.84. The van der Waals surface area contributed by atoms with Crippen LogP contribution in [0.25, 0.3) is 0 Å². The van der Waals surface area contributed by atoms with Crippen molar-refractivity contribution in [1.82, 2.24) is 5.48 Å². The summed E-state index contributed by atoms with van der Waals surface area (Å²) in [6, 6.07) is 0. The third-order valence-electron chi connectivity index (χ3n) is 2.21. The van der Waals surface area contributed by atoms with E-state index in [1.165, 1.54) is 0 Å². The maximum atomic E-state index is 8.78. The summed E-state index contributed by atoms with van der Waals surface area (Å²) in [5.74, 6) is 0. The first-order chi connectivity index (χ1) is 4.37. The summed E-state index contributed by atoms with van der Waals surface area (Å²) >= 11 is 0. The van der Waals surface area contributed by atoms with Crippen LogP contribution in [0.3, 0.4) is 0 Å². The molecule has 0 aliphatic carbocycles. The Morgan fingerprint density at radius 1 is 1.20 bits per heavy atom. The van der Waals surface area contributed by atoms with Gasteiger partial charge in [-0.15, -0.1) is 0 Å². The van der Waals surface area contributed by atoms with E-state index >= 15 is 0 Å². The van der Waals surface area contributed by atoms with Crippen LogP contribution >= 0.6 is 0 Å². The molecular weight excluding hydrogens is 132 g/mol. The largest absolute Gasteiger partial charge is 0.316 e. The Hall–Kier alpha value is -0.160. The molecule has 5 N–H and O–H groups in total. The van der Waals surface area contributed by atoms with E-state index < -0.39 is 11.1 Å². The predicted molar refractivity (Wildman–Crippen MR) is 36.8 cm³/mol. The summed E-state index contributed by atoms with van der Waals surface area (Å²) in [6.45, 7) is 7.27. The maximum Gasteiger partial charge on any atom is 0.139 e. The van der Waals surface area contributed by atoms with Crippen LogP contribution in [-0.2, 0) is 0 Å². The van der Waals surface area contributed by atoms with Gasteiger partial charge < -0.3 is 5.21 Å². The minimum atomic E-state index is -0.512. The lowest BCUT2D eigenvalue weighted by atomic mass is 9.84. The molecule has 0 amide bonds. The van der Waals surface area contributed by atoms with Gasteiger partial charge >= 0.3 is 0 Å². The average molecular weight is 149 g/mol. The number of rotatable bonds is 3. The second-order valence-corrected chi connectivity index (χ2v) is 3.59. The number of hydrogen-bond donors (Lipinski definition) is 4. The van der Waals surface area contributed by atoms with Crippen molar-refractivity contribution in [3.05, 3.63) is 0 Å². The molecule has 0 spiro atoms. The van der Waals surface area contributed by atoms with Crippen molar-refractivity contribution in [2.75, 3.05) is 0 Å². The zero-order valence-electron chi connectivity index (χ0n) is 6.97. The van der Waals surface area contributed by atoms with E-state index in [-0.39, 0.29) is 0 Å². The molecule has 4 heteroatoms. The van der Waals surface area contributed by atoms with Crippen LogP contribution in [-0.4, -0.2) is 21.5 Å². The van der Waals surface area contributed by atoms with Crippen LogP contribution < -0.4 is 11.0 Å². The van der Waals surface area contributed by atoms with Gasteiger partial charge in [0.25, 0.3) is 0 Å². The smallest absolute Gasteiger partial charge is 0.139 e. The minimum absolute atomic E-state index is 0.443. The molecule has 0 aromatic carbocycles. The van der Waals surface area contributed by atoms with Crippen LogP contribution in [0.4, 0.5) is 0 Å². The summed E-state index contributed by atoms with van der Waals surface area (Å²) in [5.41, 5.74) is 2.27. The van der Waals surface area contributed by atoms with E-state index in [0.717, 1.165) is 5.48 Å². The topological polar surface area (TPSA) is 69.1 Å². The SMILES string of the molecule is CC(C)(NO)C(C)(C)[NH2+]O. The van der Waals surface area contributed by atoms with E-state index in [1.807, 2.05) is 13.8 Å². The molecule has 4 nitrogen and oxygen atoms in total. The summed E-state index contributed by atoms with van der Waals surface area (Å²) < 4.78 is 0. The van der Waals surface area contributed by atoms with Crippen molar-refractivity contribution in [2.24, 2.45) is 0 Å². The zero-order valence-corrected chi connectivity index (χ0v) is 6.97. The van der Waals surface area contributed by atoms with Crippen LogP contribution in [0, 0.1) is 0 Å². The normalized spacial score (nSPS) is 13.8. The molecule has 0 unspecified atom stereocenters. The molecular formula is C6H17N2O2+. The van der Waals surface area contributed by atoms with Gasteiger partial charge in [-0.2, -0.15) is 11.0 Å². The van der Waals surface area contributed by atoms with Crippen LogP contribution in [0.2, 0.25) is 0 Å². The fraction of sp³-hybridized carbons (Fsp3) is 1.00. The Kier molecular flexibility index (Phi) is 2.79. The monoisotopic (exact) mass is 149 g/mol. The highest BCUT2D eigenvalue weighted by Crippen LogP contribution is 2.14. The molecule has 0 fully saturated rings. The molecule has 0 atom stereocenters. The van der Waals surface area contributed by atoms with Gasteiger partial charge in [-0.1, -0.05) is 0 Å². The molecule has 0 radical (unpaired) electrons. The quantitative estimate of drug-likeness (QED) is 0.408. The lowest BCUT2D eigenvalue weighted by Gasteiger charge is -2.34. The first-order valence-corrected chi connectivity index (χ1v) is 3.27. The summed E-state index contributed by atoms with van der Waals surface area (Å²) in [4.78, 5) is 0. The molecule has 0 saturated carbocycles. The Balaban J connectivity index is 4.28. The summed E-state index contributed by atoms with van der Waals surface area (Å²) in [7, 11) is 0. The number of quaternary nitrogens is 1. The Bertz CT molecular complexity index is 98.3. The van der Waals surface area contributed by atoms with Crippen LogP contribution in [0.15, 0.2) is 0 Å². The highest BCUT2D eigenvalue weighted by molar-refractivity contribution is 4.89. The van der Waals surface area contributed by atoms with Crippen molar-refractivity contribution in [1.29, 1.82) is 0 Å². The first-order valence-electron chi connectivity index (χ1n) is 3.27. The maximum absolute atomic E-state index is 8.78.